The number of ether oxygens (including phenoxy) is 1. The number of aromatic nitrogens is 3. The van der Waals surface area contributed by atoms with Crippen LogP contribution < -0.4 is 20.7 Å². The Hall–Kier alpha value is -3.62. The lowest BCUT2D eigenvalue weighted by molar-refractivity contribution is 0.107. The Bertz CT molecular complexity index is 1870. The van der Waals surface area contributed by atoms with Crippen LogP contribution in [-0.4, -0.2) is 75.9 Å². The number of nitrogens with two attached hydrogens (primary N) is 1. The van der Waals surface area contributed by atoms with Crippen molar-refractivity contribution in [2.24, 2.45) is 0 Å². The lowest BCUT2D eigenvalue weighted by atomic mass is 9.95. The Balaban J connectivity index is 1.25. The molecule has 8 nitrogen and oxygen atoms in total. The van der Waals surface area contributed by atoms with Crippen LogP contribution in [0, 0.1) is 11.6 Å². The van der Waals surface area contributed by atoms with Gasteiger partial charge in [0.2, 0.25) is 0 Å². The minimum atomic E-state index is -1.77. The average Bonchev–Trinajstić information content (AvgIpc) is 3.73. The van der Waals surface area contributed by atoms with E-state index in [9.17, 15) is 17.6 Å². The summed E-state index contributed by atoms with van der Waals surface area (Å²) in [5, 5.41) is 3.85. The molecule has 0 saturated carbocycles. The molecule has 45 heavy (non-hydrogen) atoms. The van der Waals surface area contributed by atoms with Crippen LogP contribution in [0.3, 0.4) is 0 Å². The van der Waals surface area contributed by atoms with Crippen LogP contribution >= 0.6 is 11.3 Å². The number of nitrogens with one attached hydrogen (secondary N) is 1. The van der Waals surface area contributed by atoms with Gasteiger partial charge in [-0.2, -0.15) is 18.7 Å². The SMILES string of the molecule is Nc1nc2c(-c3ccc4c(N5C[C@@H]6CC[C@](C=C(F)F)(C5)N6)nc(OC[C@@]56CCCN5C[C@H](F)C6)nc4c3F)ccc(F)c2s1. The van der Waals surface area contributed by atoms with E-state index in [0.29, 0.717) is 49.1 Å². The number of nitrogen functional groups attached to an aromatic ring is 1. The number of fused-ring (bicyclic) bond motifs is 5. The minimum Gasteiger partial charge on any atom is -0.461 e. The van der Waals surface area contributed by atoms with Crippen LogP contribution in [0.4, 0.5) is 32.9 Å². The van der Waals surface area contributed by atoms with Crippen molar-refractivity contribution in [2.75, 3.05) is 43.4 Å². The summed E-state index contributed by atoms with van der Waals surface area (Å²) in [5.74, 6) is -0.829. The second kappa shape index (κ2) is 10.5. The molecule has 0 spiro atoms. The zero-order valence-electron chi connectivity index (χ0n) is 24.1. The highest BCUT2D eigenvalue weighted by Gasteiger charge is 2.49. The first-order chi connectivity index (χ1) is 21.6. The topological polar surface area (TPSA) is 92.4 Å². The summed E-state index contributed by atoms with van der Waals surface area (Å²) in [6, 6.07) is 5.81. The van der Waals surface area contributed by atoms with Gasteiger partial charge in [0.25, 0.3) is 6.08 Å². The van der Waals surface area contributed by atoms with Crippen molar-refractivity contribution in [1.82, 2.24) is 25.2 Å². The first kappa shape index (κ1) is 28.8. The molecule has 2 aromatic carbocycles. The molecule has 0 unspecified atom stereocenters. The molecule has 4 aliphatic rings. The summed E-state index contributed by atoms with van der Waals surface area (Å²) in [6.07, 6.45) is 1.49. The van der Waals surface area contributed by atoms with Crippen molar-refractivity contribution in [2.45, 2.75) is 55.4 Å². The maximum absolute atomic E-state index is 16.6. The molecule has 0 radical (unpaired) electrons. The van der Waals surface area contributed by atoms with Gasteiger partial charge in [0.05, 0.1) is 21.3 Å². The predicted octanol–water partition coefficient (Wildman–Crippen LogP) is 5.81. The van der Waals surface area contributed by atoms with E-state index in [0.717, 1.165) is 36.8 Å². The third-order valence-corrected chi connectivity index (χ3v) is 10.7. The number of hydrogen-bond acceptors (Lipinski definition) is 9. The summed E-state index contributed by atoms with van der Waals surface area (Å²) in [5.41, 5.74) is 5.15. The van der Waals surface area contributed by atoms with Crippen LogP contribution in [0.2, 0.25) is 0 Å². The van der Waals surface area contributed by atoms with Crippen LogP contribution in [0.15, 0.2) is 36.4 Å². The largest absolute Gasteiger partial charge is 0.461 e. The summed E-state index contributed by atoms with van der Waals surface area (Å²) in [7, 11) is 0. The van der Waals surface area contributed by atoms with Crippen LogP contribution in [0.25, 0.3) is 32.2 Å². The molecule has 236 valence electrons. The lowest BCUT2D eigenvalue weighted by Gasteiger charge is -2.40. The predicted molar refractivity (Wildman–Crippen MR) is 162 cm³/mol. The molecule has 0 aliphatic carbocycles. The van der Waals surface area contributed by atoms with Gasteiger partial charge in [-0.25, -0.2) is 18.2 Å². The molecule has 2 aromatic heterocycles. The number of anilines is 2. The summed E-state index contributed by atoms with van der Waals surface area (Å²) in [4.78, 5) is 17.5. The van der Waals surface area contributed by atoms with Gasteiger partial charge < -0.3 is 20.7 Å². The van der Waals surface area contributed by atoms with Crippen molar-refractivity contribution >= 4 is 43.4 Å². The lowest BCUT2D eigenvalue weighted by Crippen LogP contribution is -2.59. The van der Waals surface area contributed by atoms with Gasteiger partial charge >= 0.3 is 6.01 Å². The number of piperazine rings is 1. The number of nitrogens with zero attached hydrogens (tertiary/aromatic N) is 5. The third-order valence-electron chi connectivity index (χ3n) is 9.83. The molecule has 4 aliphatic heterocycles. The zero-order chi connectivity index (χ0) is 31.1. The Morgan fingerprint density at radius 1 is 1.09 bits per heavy atom. The Kier molecular flexibility index (Phi) is 6.70. The van der Waals surface area contributed by atoms with E-state index in [2.05, 4.69) is 20.2 Å². The minimum absolute atomic E-state index is 0.0316. The Morgan fingerprint density at radius 2 is 1.93 bits per heavy atom. The average molecular weight is 644 g/mol. The van der Waals surface area contributed by atoms with E-state index in [4.69, 9.17) is 15.5 Å². The number of thiazole rings is 1. The monoisotopic (exact) mass is 643 g/mol. The van der Waals surface area contributed by atoms with Crippen LogP contribution in [-0.2, 0) is 0 Å². The van der Waals surface area contributed by atoms with Gasteiger partial charge in [0, 0.05) is 54.7 Å². The maximum Gasteiger partial charge on any atom is 0.319 e. The quantitative estimate of drug-likeness (QED) is 0.255. The number of rotatable bonds is 6. The molecule has 3 N–H and O–H groups in total. The van der Waals surface area contributed by atoms with Gasteiger partial charge in [-0.3, -0.25) is 4.90 Å². The fourth-order valence-electron chi connectivity index (χ4n) is 7.94. The molecule has 0 amide bonds. The zero-order valence-corrected chi connectivity index (χ0v) is 24.9. The number of alkyl halides is 1. The summed E-state index contributed by atoms with van der Waals surface area (Å²) >= 11 is 0.979. The fraction of sp³-hybridized carbons (Fsp3) is 0.452. The van der Waals surface area contributed by atoms with E-state index >= 15 is 4.39 Å². The number of benzene rings is 2. The Labute approximate surface area is 259 Å². The van der Waals surface area contributed by atoms with Gasteiger partial charge in [-0.05, 0) is 50.4 Å². The van der Waals surface area contributed by atoms with Gasteiger partial charge in [-0.1, -0.05) is 17.4 Å². The molecule has 4 saturated heterocycles. The second-order valence-corrected chi connectivity index (χ2v) is 13.7. The molecule has 4 atom stereocenters. The molecule has 4 aromatic rings. The van der Waals surface area contributed by atoms with Gasteiger partial charge in [0.1, 0.15) is 29.9 Å². The van der Waals surface area contributed by atoms with Gasteiger partial charge in [-0.15, -0.1) is 0 Å². The highest BCUT2D eigenvalue weighted by atomic mass is 32.1. The van der Waals surface area contributed by atoms with Crippen molar-refractivity contribution in [1.29, 1.82) is 0 Å². The number of halogens is 5. The highest BCUT2D eigenvalue weighted by molar-refractivity contribution is 7.22. The van der Waals surface area contributed by atoms with E-state index in [1.165, 1.54) is 12.1 Å². The van der Waals surface area contributed by atoms with E-state index in [-0.39, 0.29) is 51.6 Å². The first-order valence-corrected chi connectivity index (χ1v) is 15.9. The molecule has 2 bridgehead atoms. The molecule has 8 rings (SSSR count). The smallest absolute Gasteiger partial charge is 0.319 e. The molecule has 6 heterocycles. The standard InChI is InChI=1S/C31H30F5N7OS/c32-16-10-31(7-1-9-43(31)12-16)15-44-29-39-24-20(27(40-29)42-13-17-6-8-30(14-42,41-17)11-22(34)35)3-2-18(23(24)36)19-4-5-21(33)26-25(19)38-28(37)45-26/h2-5,11,16-17,41H,1,6-10,12-15H2,(H2,37,38)/t16-,17+,30+,31+/m1/s1. The molecule has 14 heteroatoms. The summed E-state index contributed by atoms with van der Waals surface area (Å²) < 4.78 is 79.1. The van der Waals surface area contributed by atoms with Gasteiger partial charge in [0.15, 0.2) is 10.9 Å². The van der Waals surface area contributed by atoms with E-state index < -0.39 is 35.0 Å². The van der Waals surface area contributed by atoms with Crippen molar-refractivity contribution in [3.63, 3.8) is 0 Å². The summed E-state index contributed by atoms with van der Waals surface area (Å²) in [6.45, 7) is 1.92. The third kappa shape index (κ3) is 4.79. The van der Waals surface area contributed by atoms with E-state index in [1.54, 1.807) is 12.1 Å². The second-order valence-electron chi connectivity index (χ2n) is 12.7. The molecule has 4 fully saturated rings. The van der Waals surface area contributed by atoms with Crippen molar-refractivity contribution in [3.05, 3.63) is 48.1 Å². The molecular weight excluding hydrogens is 613 g/mol. The highest BCUT2D eigenvalue weighted by Crippen LogP contribution is 2.43. The van der Waals surface area contributed by atoms with Crippen molar-refractivity contribution in [3.8, 4) is 17.1 Å². The Morgan fingerprint density at radius 3 is 2.78 bits per heavy atom. The normalized spacial score (nSPS) is 27.9. The maximum atomic E-state index is 16.6. The fourth-order valence-corrected chi connectivity index (χ4v) is 8.71. The van der Waals surface area contributed by atoms with E-state index in [1.807, 2.05) is 4.90 Å². The van der Waals surface area contributed by atoms with Crippen LogP contribution in [0.5, 0.6) is 6.01 Å². The first-order valence-electron chi connectivity index (χ1n) is 15.1. The van der Waals surface area contributed by atoms with Crippen LogP contribution in [0.1, 0.15) is 32.1 Å². The molecular formula is C31H30F5N7OS. The number of hydrogen-bond donors (Lipinski definition) is 2. The van der Waals surface area contributed by atoms with Crippen molar-refractivity contribution < 1.29 is 26.7 Å².